The van der Waals surface area contributed by atoms with E-state index in [0.29, 0.717) is 38.6 Å². The lowest BCUT2D eigenvalue weighted by Crippen LogP contribution is -2.44. The molecule has 1 saturated heterocycles. The number of anilines is 1. The van der Waals surface area contributed by atoms with Gasteiger partial charge in [0.2, 0.25) is 5.91 Å². The van der Waals surface area contributed by atoms with E-state index < -0.39 is 5.41 Å². The smallest absolute Gasteiger partial charge is 0.235 e. The molecule has 1 heterocycles. The minimum atomic E-state index is -0.549. The predicted octanol–water partition coefficient (Wildman–Crippen LogP) is 5.03. The van der Waals surface area contributed by atoms with Crippen LogP contribution in [0.3, 0.4) is 0 Å². The normalized spacial score (nSPS) is 16.0. The number of rotatable bonds is 6. The van der Waals surface area contributed by atoms with Gasteiger partial charge in [-0.2, -0.15) is 0 Å². The van der Waals surface area contributed by atoms with Gasteiger partial charge in [-0.3, -0.25) is 4.79 Å². The first-order chi connectivity index (χ1) is 13.4. The molecule has 0 bridgehead atoms. The maximum Gasteiger partial charge on any atom is 0.235 e. The van der Waals surface area contributed by atoms with E-state index in [2.05, 4.69) is 50.4 Å². The Bertz CT molecular complexity index is 805. The molecule has 1 aliphatic heterocycles. The Hall–Kier alpha value is -2.33. The van der Waals surface area contributed by atoms with Gasteiger partial charge in [-0.15, -0.1) is 0 Å². The molecule has 1 aliphatic rings. The quantitative estimate of drug-likeness (QED) is 0.764. The molecule has 1 N–H and O–H groups in total. The van der Waals surface area contributed by atoms with E-state index in [-0.39, 0.29) is 5.91 Å². The molecule has 2 aromatic rings. The summed E-state index contributed by atoms with van der Waals surface area (Å²) in [6.45, 7) is 10.2. The second-order valence-corrected chi connectivity index (χ2v) is 8.20. The van der Waals surface area contributed by atoms with Crippen LogP contribution in [0.4, 0.5) is 5.69 Å². The molecule has 0 aromatic heterocycles. The number of benzene rings is 2. The van der Waals surface area contributed by atoms with Crippen LogP contribution in [0, 0.1) is 19.8 Å². The molecule has 1 fully saturated rings. The van der Waals surface area contributed by atoms with Gasteiger partial charge < -0.3 is 14.8 Å². The molecule has 0 aliphatic carbocycles. The first-order valence-corrected chi connectivity index (χ1v) is 10.1. The number of carbonyl (C=O) groups excluding carboxylic acids is 1. The Labute approximate surface area is 168 Å². The van der Waals surface area contributed by atoms with Crippen molar-refractivity contribution in [3.05, 3.63) is 59.2 Å². The average molecular weight is 382 g/mol. The Morgan fingerprint density at radius 2 is 1.79 bits per heavy atom. The molecule has 4 nitrogen and oxygen atoms in total. The van der Waals surface area contributed by atoms with Gasteiger partial charge in [0.1, 0.15) is 5.75 Å². The average Bonchev–Trinajstić information content (AvgIpc) is 2.68. The zero-order chi connectivity index (χ0) is 20.1. The van der Waals surface area contributed by atoms with Crippen molar-refractivity contribution in [1.29, 1.82) is 0 Å². The molecule has 28 heavy (non-hydrogen) atoms. The number of carbonyl (C=O) groups is 1. The van der Waals surface area contributed by atoms with E-state index in [9.17, 15) is 4.79 Å². The Kier molecular flexibility index (Phi) is 6.40. The van der Waals surface area contributed by atoms with Gasteiger partial charge in [-0.25, -0.2) is 0 Å². The monoisotopic (exact) mass is 381 g/mol. The number of ether oxygens (including phenoxy) is 2. The molecule has 1 amide bonds. The molecule has 3 rings (SSSR count). The Morgan fingerprint density at radius 1 is 1.11 bits per heavy atom. The zero-order valence-electron chi connectivity index (χ0n) is 17.4. The topological polar surface area (TPSA) is 47.6 Å². The number of nitrogens with one attached hydrogen (secondary N) is 1. The molecule has 0 atom stereocenters. The van der Waals surface area contributed by atoms with Gasteiger partial charge in [0.05, 0.1) is 12.0 Å². The van der Waals surface area contributed by atoms with E-state index in [1.165, 1.54) is 5.56 Å². The van der Waals surface area contributed by atoms with Crippen molar-refractivity contribution in [2.24, 2.45) is 5.92 Å². The van der Waals surface area contributed by atoms with Crippen molar-refractivity contribution in [1.82, 2.24) is 0 Å². The van der Waals surface area contributed by atoms with Crippen molar-refractivity contribution >= 4 is 11.6 Å². The van der Waals surface area contributed by atoms with Crippen LogP contribution in [0.5, 0.6) is 5.75 Å². The van der Waals surface area contributed by atoms with Gasteiger partial charge in [-0.05, 0) is 61.9 Å². The van der Waals surface area contributed by atoms with Crippen LogP contribution in [0.1, 0.15) is 43.4 Å². The van der Waals surface area contributed by atoms with Crippen molar-refractivity contribution in [3.8, 4) is 5.75 Å². The summed E-state index contributed by atoms with van der Waals surface area (Å²) in [4.78, 5) is 13.4. The third kappa shape index (κ3) is 4.56. The minimum Gasteiger partial charge on any atom is -0.493 e. The lowest BCUT2D eigenvalue weighted by Gasteiger charge is -2.36. The van der Waals surface area contributed by atoms with Crippen LogP contribution < -0.4 is 10.1 Å². The van der Waals surface area contributed by atoms with E-state index in [1.807, 2.05) is 25.1 Å². The molecule has 0 radical (unpaired) electrons. The molecular formula is C24H31NO3. The van der Waals surface area contributed by atoms with E-state index in [4.69, 9.17) is 9.47 Å². The van der Waals surface area contributed by atoms with Crippen molar-refractivity contribution < 1.29 is 14.3 Å². The van der Waals surface area contributed by atoms with Gasteiger partial charge in [-0.1, -0.05) is 43.7 Å². The molecule has 0 spiro atoms. The Morgan fingerprint density at radius 3 is 2.39 bits per heavy atom. The van der Waals surface area contributed by atoms with E-state index >= 15 is 0 Å². The summed E-state index contributed by atoms with van der Waals surface area (Å²) in [6.07, 6.45) is 1.38. The largest absolute Gasteiger partial charge is 0.493 e. The standard InChI is InChI=1S/C24H31NO3/c1-17(2)16-28-22-10-9-21(15-19(22)4)25-23(26)24(11-13-27-14-12-24)20-7-5-18(3)6-8-20/h5-10,15,17H,11-14,16H2,1-4H3,(H,25,26). The summed E-state index contributed by atoms with van der Waals surface area (Å²) in [5, 5.41) is 3.15. The highest BCUT2D eigenvalue weighted by molar-refractivity contribution is 5.99. The number of hydrogen-bond donors (Lipinski definition) is 1. The molecule has 0 unspecified atom stereocenters. The van der Waals surface area contributed by atoms with Crippen molar-refractivity contribution in [2.45, 2.75) is 46.0 Å². The van der Waals surface area contributed by atoms with Crippen LogP contribution in [0.15, 0.2) is 42.5 Å². The van der Waals surface area contributed by atoms with Crippen LogP contribution in [-0.2, 0) is 14.9 Å². The molecule has 150 valence electrons. The van der Waals surface area contributed by atoms with Gasteiger partial charge in [0, 0.05) is 18.9 Å². The van der Waals surface area contributed by atoms with Gasteiger partial charge in [0.25, 0.3) is 0 Å². The summed E-state index contributed by atoms with van der Waals surface area (Å²) < 4.78 is 11.4. The van der Waals surface area contributed by atoms with Crippen LogP contribution in [0.25, 0.3) is 0 Å². The van der Waals surface area contributed by atoms with E-state index in [1.54, 1.807) is 0 Å². The van der Waals surface area contributed by atoms with Crippen molar-refractivity contribution in [2.75, 3.05) is 25.1 Å². The van der Waals surface area contributed by atoms with Gasteiger partial charge >= 0.3 is 0 Å². The fourth-order valence-electron chi connectivity index (χ4n) is 3.64. The zero-order valence-corrected chi connectivity index (χ0v) is 17.4. The number of amides is 1. The second-order valence-electron chi connectivity index (χ2n) is 8.20. The highest BCUT2D eigenvalue weighted by atomic mass is 16.5. The first-order valence-electron chi connectivity index (χ1n) is 10.1. The minimum absolute atomic E-state index is 0.0369. The van der Waals surface area contributed by atoms with Crippen molar-refractivity contribution in [3.63, 3.8) is 0 Å². The summed E-state index contributed by atoms with van der Waals surface area (Å²) in [7, 11) is 0. The highest BCUT2D eigenvalue weighted by Gasteiger charge is 2.41. The molecule has 0 saturated carbocycles. The van der Waals surface area contributed by atoms with Gasteiger partial charge in [0.15, 0.2) is 0 Å². The third-order valence-corrected chi connectivity index (χ3v) is 5.39. The lowest BCUT2D eigenvalue weighted by molar-refractivity contribution is -0.125. The van der Waals surface area contributed by atoms with Crippen LogP contribution >= 0.6 is 0 Å². The number of aryl methyl sites for hydroxylation is 2. The second kappa shape index (κ2) is 8.78. The lowest BCUT2D eigenvalue weighted by atomic mass is 9.73. The van der Waals surface area contributed by atoms with Crippen LogP contribution in [0.2, 0.25) is 0 Å². The summed E-state index contributed by atoms with van der Waals surface area (Å²) in [6, 6.07) is 14.1. The maximum atomic E-state index is 13.4. The highest BCUT2D eigenvalue weighted by Crippen LogP contribution is 2.36. The first kappa shape index (κ1) is 20.4. The molecule has 2 aromatic carbocycles. The summed E-state index contributed by atoms with van der Waals surface area (Å²) >= 11 is 0. The maximum absolute atomic E-state index is 13.4. The Balaban J connectivity index is 1.80. The summed E-state index contributed by atoms with van der Waals surface area (Å²) in [5.41, 5.74) is 3.53. The third-order valence-electron chi connectivity index (χ3n) is 5.39. The fourth-order valence-corrected chi connectivity index (χ4v) is 3.64. The molecule has 4 heteroatoms. The van der Waals surface area contributed by atoms with E-state index in [0.717, 1.165) is 22.6 Å². The SMILES string of the molecule is Cc1ccc(C2(C(=O)Nc3ccc(OCC(C)C)c(C)c3)CCOCC2)cc1. The predicted molar refractivity (Wildman–Crippen MR) is 113 cm³/mol. The number of hydrogen-bond acceptors (Lipinski definition) is 3. The van der Waals surface area contributed by atoms with Crippen LogP contribution in [-0.4, -0.2) is 25.7 Å². The molecular weight excluding hydrogens is 350 g/mol. The fraction of sp³-hybridized carbons (Fsp3) is 0.458. The summed E-state index contributed by atoms with van der Waals surface area (Å²) in [5.74, 6) is 1.38.